The lowest BCUT2D eigenvalue weighted by Gasteiger charge is -2.12. The molecule has 0 spiro atoms. The van der Waals surface area contributed by atoms with Crippen molar-refractivity contribution in [3.63, 3.8) is 0 Å². The highest BCUT2D eigenvalue weighted by molar-refractivity contribution is 7.90. The van der Waals surface area contributed by atoms with Crippen LogP contribution in [0.1, 0.15) is 5.56 Å². The summed E-state index contributed by atoms with van der Waals surface area (Å²) in [5.74, 6) is -0.115. The van der Waals surface area contributed by atoms with Gasteiger partial charge in [0.1, 0.15) is 11.3 Å². The molecular formula is C26H16F3N3O5S. The van der Waals surface area contributed by atoms with Crippen LogP contribution < -0.4 is 10.4 Å². The van der Waals surface area contributed by atoms with Gasteiger partial charge in [-0.1, -0.05) is 18.2 Å². The first kappa shape index (κ1) is 23.8. The van der Waals surface area contributed by atoms with Gasteiger partial charge in [-0.2, -0.15) is 13.2 Å². The molecule has 0 fully saturated rings. The third-order valence-corrected chi connectivity index (χ3v) is 7.93. The predicted molar refractivity (Wildman–Crippen MR) is 134 cm³/mol. The molecule has 6 rings (SSSR count). The maximum absolute atomic E-state index is 14.0. The zero-order chi connectivity index (χ0) is 26.8. The van der Waals surface area contributed by atoms with E-state index in [1.807, 2.05) is 0 Å². The highest BCUT2D eigenvalue weighted by Crippen LogP contribution is 2.41. The van der Waals surface area contributed by atoms with E-state index in [4.69, 9.17) is 9.15 Å². The molecule has 0 unspecified atom stereocenters. The van der Waals surface area contributed by atoms with E-state index in [0.717, 1.165) is 10.0 Å². The fraction of sp³-hybridized carbons (Fsp3) is 0.0769. The molecule has 0 radical (unpaired) electrons. The van der Waals surface area contributed by atoms with Gasteiger partial charge in [0.15, 0.2) is 5.65 Å². The third kappa shape index (κ3) is 3.56. The van der Waals surface area contributed by atoms with Gasteiger partial charge in [-0.05, 0) is 36.4 Å². The fourth-order valence-electron chi connectivity index (χ4n) is 4.53. The SMILES string of the molecule is COc1cc(C(F)(F)F)c2c(c1)oc(=O)c1cc(-c3ccnc4c3ccn4S(=O)(=O)c3ccccc3)[nH]c12. The number of alkyl halides is 3. The van der Waals surface area contributed by atoms with Crippen molar-refractivity contribution in [1.82, 2.24) is 13.9 Å². The van der Waals surface area contributed by atoms with Crippen molar-refractivity contribution in [1.29, 1.82) is 0 Å². The summed E-state index contributed by atoms with van der Waals surface area (Å²) in [4.78, 5) is 20.0. The minimum Gasteiger partial charge on any atom is -0.497 e. The number of methoxy groups -OCH3 is 1. The van der Waals surface area contributed by atoms with Crippen LogP contribution in [0.25, 0.3) is 44.2 Å². The van der Waals surface area contributed by atoms with Crippen LogP contribution in [-0.4, -0.2) is 29.5 Å². The number of halogens is 3. The molecule has 0 bridgehead atoms. The molecule has 0 aliphatic heterocycles. The van der Waals surface area contributed by atoms with Crippen molar-refractivity contribution >= 4 is 42.9 Å². The van der Waals surface area contributed by atoms with Gasteiger partial charge in [-0.3, -0.25) is 0 Å². The molecule has 0 saturated carbocycles. The van der Waals surface area contributed by atoms with E-state index in [-0.39, 0.29) is 43.9 Å². The molecule has 0 aliphatic carbocycles. The normalized spacial score (nSPS) is 12.5. The monoisotopic (exact) mass is 539 g/mol. The smallest absolute Gasteiger partial charge is 0.417 e. The summed E-state index contributed by atoms with van der Waals surface area (Å²) >= 11 is 0. The summed E-state index contributed by atoms with van der Waals surface area (Å²) in [6.45, 7) is 0. The number of nitrogens with zero attached hydrogens (tertiary/aromatic N) is 2. The lowest BCUT2D eigenvalue weighted by molar-refractivity contribution is -0.136. The third-order valence-electron chi connectivity index (χ3n) is 6.25. The van der Waals surface area contributed by atoms with Crippen LogP contribution in [-0.2, 0) is 16.2 Å². The van der Waals surface area contributed by atoms with Crippen molar-refractivity contribution in [2.75, 3.05) is 7.11 Å². The summed E-state index contributed by atoms with van der Waals surface area (Å²) in [6.07, 6.45) is -2.03. The summed E-state index contributed by atoms with van der Waals surface area (Å²) in [5, 5.41) is -0.0110. The molecule has 2 aromatic carbocycles. The zero-order valence-electron chi connectivity index (χ0n) is 19.4. The van der Waals surface area contributed by atoms with Crippen molar-refractivity contribution in [3.05, 3.63) is 89.0 Å². The van der Waals surface area contributed by atoms with E-state index >= 15 is 0 Å². The maximum Gasteiger partial charge on any atom is 0.417 e. The molecule has 4 aromatic heterocycles. The maximum atomic E-state index is 14.0. The molecule has 0 aliphatic rings. The lowest BCUT2D eigenvalue weighted by Crippen LogP contribution is -2.12. The van der Waals surface area contributed by atoms with Crippen LogP contribution in [0.4, 0.5) is 13.2 Å². The first-order chi connectivity index (χ1) is 18.1. The Morgan fingerprint density at radius 3 is 2.50 bits per heavy atom. The molecule has 6 aromatic rings. The predicted octanol–water partition coefficient (Wildman–Crippen LogP) is 5.56. The van der Waals surface area contributed by atoms with Crippen molar-refractivity contribution in [2.45, 2.75) is 11.1 Å². The van der Waals surface area contributed by atoms with Gasteiger partial charge in [-0.15, -0.1) is 0 Å². The van der Waals surface area contributed by atoms with E-state index in [9.17, 15) is 26.4 Å². The number of nitrogens with one attached hydrogen (secondary N) is 1. The Kier molecular flexibility index (Phi) is 5.14. The van der Waals surface area contributed by atoms with Crippen molar-refractivity contribution in [2.24, 2.45) is 0 Å². The number of pyridine rings is 1. The first-order valence-electron chi connectivity index (χ1n) is 11.1. The van der Waals surface area contributed by atoms with Gasteiger partial charge < -0.3 is 14.1 Å². The highest BCUT2D eigenvalue weighted by Gasteiger charge is 2.35. The van der Waals surface area contributed by atoms with Crippen LogP contribution in [0.2, 0.25) is 0 Å². The van der Waals surface area contributed by atoms with Gasteiger partial charge in [0.05, 0.1) is 33.9 Å². The zero-order valence-corrected chi connectivity index (χ0v) is 20.2. The standard InChI is InChI=1S/C26H16F3N3O5S/c1-36-14-11-19(26(27,28)29)22-21(12-14)37-25(33)18-13-20(31-23(18)22)16-7-9-30-24-17(16)8-10-32(24)38(34,35)15-5-3-2-4-6-15/h2-13,31H,1H3. The Labute approximate surface area is 212 Å². The largest absolute Gasteiger partial charge is 0.497 e. The van der Waals surface area contributed by atoms with Crippen LogP contribution in [0, 0.1) is 0 Å². The Bertz CT molecular complexity index is 2040. The molecule has 8 nitrogen and oxygen atoms in total. The second-order valence-electron chi connectivity index (χ2n) is 8.43. The number of benzene rings is 2. The molecule has 0 atom stereocenters. The van der Waals surface area contributed by atoms with E-state index in [1.165, 1.54) is 49.8 Å². The second kappa shape index (κ2) is 8.21. The minimum absolute atomic E-state index is 0.0644. The summed E-state index contributed by atoms with van der Waals surface area (Å²) in [5.41, 5.74) is -1.40. The van der Waals surface area contributed by atoms with Crippen LogP contribution >= 0.6 is 0 Å². The average molecular weight is 539 g/mol. The molecule has 12 heteroatoms. The van der Waals surface area contributed by atoms with E-state index in [2.05, 4.69) is 9.97 Å². The molecule has 192 valence electrons. The number of hydrogen-bond acceptors (Lipinski definition) is 6. The number of fused-ring (bicyclic) bond motifs is 4. The molecule has 38 heavy (non-hydrogen) atoms. The van der Waals surface area contributed by atoms with Gasteiger partial charge in [0.2, 0.25) is 0 Å². The summed E-state index contributed by atoms with van der Waals surface area (Å²) < 4.78 is 79.7. The Morgan fingerprint density at radius 2 is 1.79 bits per heavy atom. The van der Waals surface area contributed by atoms with Crippen LogP contribution in [0.3, 0.4) is 0 Å². The summed E-state index contributed by atoms with van der Waals surface area (Å²) in [6, 6.07) is 14.3. The Balaban J connectivity index is 1.61. The lowest BCUT2D eigenvalue weighted by atomic mass is 10.1. The average Bonchev–Trinajstić information content (AvgIpc) is 3.54. The van der Waals surface area contributed by atoms with Gasteiger partial charge in [0, 0.05) is 35.1 Å². The topological polar surface area (TPSA) is 107 Å². The molecule has 0 amide bonds. The minimum atomic E-state index is -4.77. The number of aromatic amines is 1. The molecule has 4 heterocycles. The van der Waals surface area contributed by atoms with E-state index < -0.39 is 27.4 Å². The van der Waals surface area contributed by atoms with E-state index in [0.29, 0.717) is 10.9 Å². The second-order valence-corrected chi connectivity index (χ2v) is 10.2. The number of rotatable bonds is 4. The van der Waals surface area contributed by atoms with Crippen LogP contribution in [0.5, 0.6) is 5.75 Å². The first-order valence-corrected chi connectivity index (χ1v) is 12.6. The van der Waals surface area contributed by atoms with Crippen molar-refractivity contribution < 1.29 is 30.7 Å². The van der Waals surface area contributed by atoms with Gasteiger partial charge >= 0.3 is 11.8 Å². The Morgan fingerprint density at radius 1 is 1.03 bits per heavy atom. The molecular weight excluding hydrogens is 523 g/mol. The van der Waals surface area contributed by atoms with E-state index in [1.54, 1.807) is 24.3 Å². The quantitative estimate of drug-likeness (QED) is 0.294. The highest BCUT2D eigenvalue weighted by atomic mass is 32.2. The van der Waals surface area contributed by atoms with Crippen molar-refractivity contribution in [3.8, 4) is 17.0 Å². The van der Waals surface area contributed by atoms with Crippen LogP contribution in [0.15, 0.2) is 87.2 Å². The number of aromatic nitrogens is 3. The number of H-pyrrole nitrogens is 1. The molecule has 1 N–H and O–H groups in total. The Hall–Kier alpha value is -4.58. The van der Waals surface area contributed by atoms with Gasteiger partial charge in [-0.25, -0.2) is 22.2 Å². The molecule has 0 saturated heterocycles. The van der Waals surface area contributed by atoms with Gasteiger partial charge in [0.25, 0.3) is 10.0 Å². The summed E-state index contributed by atoms with van der Waals surface area (Å²) in [7, 11) is -2.76. The number of ether oxygens (including phenoxy) is 1. The number of hydrogen-bond donors (Lipinski definition) is 1. The fourth-order valence-corrected chi connectivity index (χ4v) is 5.85.